The van der Waals surface area contributed by atoms with Crippen LogP contribution in [0, 0.1) is 0 Å². The van der Waals surface area contributed by atoms with Crippen molar-refractivity contribution in [2.75, 3.05) is 20.1 Å². The lowest BCUT2D eigenvalue weighted by Crippen LogP contribution is -2.38. The van der Waals surface area contributed by atoms with E-state index in [0.29, 0.717) is 0 Å². The standard InChI is InChI=1S/C15H17F3N2O4/c1-20(8-2-3-13(22)23)12(21)9-19-14(24)10-4-6-11(7-5-10)15(16,17)18/h4-7H,2-3,8-9H2,1H3,(H,19,24)(H,22,23). The lowest BCUT2D eigenvalue weighted by molar-refractivity contribution is -0.138. The molecule has 0 spiro atoms. The molecular weight excluding hydrogens is 329 g/mol. The van der Waals surface area contributed by atoms with Crippen LogP contribution in [0.3, 0.4) is 0 Å². The molecule has 0 unspecified atom stereocenters. The molecule has 132 valence electrons. The summed E-state index contributed by atoms with van der Waals surface area (Å²) in [5.41, 5.74) is -0.863. The van der Waals surface area contributed by atoms with Crippen molar-refractivity contribution in [3.63, 3.8) is 0 Å². The summed E-state index contributed by atoms with van der Waals surface area (Å²) in [4.78, 5) is 35.2. The third kappa shape index (κ3) is 6.27. The first kappa shape index (κ1) is 19.5. The van der Waals surface area contributed by atoms with Crippen molar-refractivity contribution in [2.24, 2.45) is 0 Å². The molecule has 1 aromatic rings. The number of aliphatic carboxylic acids is 1. The van der Waals surface area contributed by atoms with Gasteiger partial charge in [0.2, 0.25) is 5.91 Å². The van der Waals surface area contributed by atoms with Crippen molar-refractivity contribution < 1.29 is 32.7 Å². The number of rotatable bonds is 7. The molecule has 0 heterocycles. The van der Waals surface area contributed by atoms with Gasteiger partial charge in [0.15, 0.2) is 0 Å². The van der Waals surface area contributed by atoms with Crippen LogP contribution < -0.4 is 5.32 Å². The molecule has 0 saturated heterocycles. The second kappa shape index (κ2) is 8.32. The molecule has 0 aliphatic heterocycles. The molecule has 0 bridgehead atoms. The van der Waals surface area contributed by atoms with E-state index in [-0.39, 0.29) is 31.5 Å². The largest absolute Gasteiger partial charge is 0.481 e. The van der Waals surface area contributed by atoms with Gasteiger partial charge >= 0.3 is 12.1 Å². The molecule has 1 rings (SSSR count). The Balaban J connectivity index is 2.47. The molecule has 1 aromatic carbocycles. The molecule has 24 heavy (non-hydrogen) atoms. The van der Waals surface area contributed by atoms with Gasteiger partial charge in [0.05, 0.1) is 12.1 Å². The molecular formula is C15H17F3N2O4. The molecule has 2 amide bonds. The van der Waals surface area contributed by atoms with E-state index in [4.69, 9.17) is 5.11 Å². The number of nitrogens with zero attached hydrogens (tertiary/aromatic N) is 1. The number of carbonyl (C=O) groups is 3. The fourth-order valence-corrected chi connectivity index (χ4v) is 1.80. The zero-order valence-electron chi connectivity index (χ0n) is 12.9. The first-order valence-electron chi connectivity index (χ1n) is 7.02. The van der Waals surface area contributed by atoms with Gasteiger partial charge in [0.25, 0.3) is 5.91 Å². The number of hydrogen-bond acceptors (Lipinski definition) is 3. The SMILES string of the molecule is CN(CCCC(=O)O)C(=O)CNC(=O)c1ccc(C(F)(F)F)cc1. The van der Waals surface area contributed by atoms with E-state index in [2.05, 4.69) is 5.32 Å². The highest BCUT2D eigenvalue weighted by atomic mass is 19.4. The average Bonchev–Trinajstić information content (AvgIpc) is 2.51. The summed E-state index contributed by atoms with van der Waals surface area (Å²) in [6.07, 6.45) is -4.27. The fraction of sp³-hybridized carbons (Fsp3) is 0.400. The maximum Gasteiger partial charge on any atom is 0.416 e. The predicted molar refractivity (Wildman–Crippen MR) is 78.3 cm³/mol. The van der Waals surface area contributed by atoms with Gasteiger partial charge < -0.3 is 15.3 Å². The predicted octanol–water partition coefficient (Wildman–Crippen LogP) is 1.76. The van der Waals surface area contributed by atoms with Crippen molar-refractivity contribution in [2.45, 2.75) is 19.0 Å². The van der Waals surface area contributed by atoms with Crippen LogP contribution in [-0.4, -0.2) is 47.9 Å². The molecule has 0 atom stereocenters. The minimum Gasteiger partial charge on any atom is -0.481 e. The van der Waals surface area contributed by atoms with Crippen molar-refractivity contribution >= 4 is 17.8 Å². The Bertz CT molecular complexity index is 600. The van der Waals surface area contributed by atoms with Crippen LogP contribution in [0.4, 0.5) is 13.2 Å². The number of carboxylic acids is 1. The Morgan fingerprint density at radius 1 is 1.17 bits per heavy atom. The molecule has 0 radical (unpaired) electrons. The zero-order chi connectivity index (χ0) is 18.3. The molecule has 6 nitrogen and oxygen atoms in total. The number of hydrogen-bond donors (Lipinski definition) is 2. The van der Waals surface area contributed by atoms with Gasteiger partial charge in [-0.05, 0) is 30.7 Å². The first-order valence-corrected chi connectivity index (χ1v) is 7.02. The van der Waals surface area contributed by atoms with Crippen LogP contribution in [-0.2, 0) is 15.8 Å². The monoisotopic (exact) mass is 346 g/mol. The Morgan fingerprint density at radius 2 is 1.75 bits per heavy atom. The van der Waals surface area contributed by atoms with E-state index >= 15 is 0 Å². The molecule has 0 fully saturated rings. The second-order valence-corrected chi connectivity index (χ2v) is 5.07. The van der Waals surface area contributed by atoms with Gasteiger partial charge in [0, 0.05) is 25.6 Å². The Hall–Kier alpha value is -2.58. The van der Waals surface area contributed by atoms with E-state index in [1.54, 1.807) is 0 Å². The Morgan fingerprint density at radius 3 is 2.25 bits per heavy atom. The number of alkyl halides is 3. The van der Waals surface area contributed by atoms with E-state index in [0.717, 1.165) is 24.3 Å². The van der Waals surface area contributed by atoms with Crippen LogP contribution in [0.25, 0.3) is 0 Å². The lowest BCUT2D eigenvalue weighted by atomic mass is 10.1. The second-order valence-electron chi connectivity index (χ2n) is 5.07. The van der Waals surface area contributed by atoms with Gasteiger partial charge in [-0.25, -0.2) is 0 Å². The van der Waals surface area contributed by atoms with Gasteiger partial charge in [-0.2, -0.15) is 13.2 Å². The highest BCUT2D eigenvalue weighted by Crippen LogP contribution is 2.28. The zero-order valence-corrected chi connectivity index (χ0v) is 12.9. The van der Waals surface area contributed by atoms with E-state index in [1.165, 1.54) is 11.9 Å². The van der Waals surface area contributed by atoms with E-state index in [9.17, 15) is 27.6 Å². The number of likely N-dealkylation sites (N-methyl/N-ethyl adjacent to an activating group) is 1. The van der Waals surface area contributed by atoms with Gasteiger partial charge in [-0.1, -0.05) is 0 Å². The van der Waals surface area contributed by atoms with Crippen molar-refractivity contribution in [3.05, 3.63) is 35.4 Å². The minimum absolute atomic E-state index is 0.00401. The Labute approximate surface area is 136 Å². The number of nitrogens with one attached hydrogen (secondary N) is 1. The van der Waals surface area contributed by atoms with E-state index in [1.807, 2.05) is 0 Å². The topological polar surface area (TPSA) is 86.7 Å². The van der Waals surface area contributed by atoms with Crippen LogP contribution in [0.2, 0.25) is 0 Å². The molecule has 9 heteroatoms. The third-order valence-electron chi connectivity index (χ3n) is 3.18. The fourth-order valence-electron chi connectivity index (χ4n) is 1.80. The van der Waals surface area contributed by atoms with Crippen LogP contribution in [0.5, 0.6) is 0 Å². The third-order valence-corrected chi connectivity index (χ3v) is 3.18. The summed E-state index contributed by atoms with van der Waals surface area (Å²) < 4.78 is 37.3. The van der Waals surface area contributed by atoms with Gasteiger partial charge in [-0.3, -0.25) is 14.4 Å². The highest BCUT2D eigenvalue weighted by molar-refractivity contribution is 5.96. The number of halogens is 3. The summed E-state index contributed by atoms with van der Waals surface area (Å²) in [5, 5.41) is 10.8. The quantitative estimate of drug-likeness (QED) is 0.788. The number of carboxylic acid groups (broad SMARTS) is 1. The van der Waals surface area contributed by atoms with Crippen LogP contribution >= 0.6 is 0 Å². The number of carbonyl (C=O) groups excluding carboxylic acids is 2. The smallest absolute Gasteiger partial charge is 0.416 e. The Kier molecular flexibility index (Phi) is 6.75. The lowest BCUT2D eigenvalue weighted by Gasteiger charge is -2.17. The molecule has 0 aliphatic rings. The molecule has 2 N–H and O–H groups in total. The molecule has 0 saturated carbocycles. The number of amides is 2. The summed E-state index contributed by atoms with van der Waals surface area (Å²) in [6.45, 7) is -0.106. The van der Waals surface area contributed by atoms with Gasteiger partial charge in [-0.15, -0.1) is 0 Å². The van der Waals surface area contributed by atoms with Crippen molar-refractivity contribution in [1.29, 1.82) is 0 Å². The van der Waals surface area contributed by atoms with Crippen molar-refractivity contribution in [1.82, 2.24) is 10.2 Å². The van der Waals surface area contributed by atoms with Crippen molar-refractivity contribution in [3.8, 4) is 0 Å². The highest BCUT2D eigenvalue weighted by Gasteiger charge is 2.30. The van der Waals surface area contributed by atoms with Crippen LogP contribution in [0.15, 0.2) is 24.3 Å². The maximum absolute atomic E-state index is 12.4. The van der Waals surface area contributed by atoms with Gasteiger partial charge in [0.1, 0.15) is 0 Å². The maximum atomic E-state index is 12.4. The summed E-state index contributed by atoms with van der Waals surface area (Å²) >= 11 is 0. The summed E-state index contributed by atoms with van der Waals surface area (Å²) in [7, 11) is 1.47. The number of benzene rings is 1. The summed E-state index contributed by atoms with van der Waals surface area (Å²) in [5.74, 6) is -2.07. The average molecular weight is 346 g/mol. The first-order chi connectivity index (χ1) is 11.1. The van der Waals surface area contributed by atoms with Crippen LogP contribution in [0.1, 0.15) is 28.8 Å². The normalized spacial score (nSPS) is 11.0. The van der Waals surface area contributed by atoms with E-state index < -0.39 is 29.5 Å². The molecule has 0 aromatic heterocycles. The summed E-state index contributed by atoms with van der Waals surface area (Å²) in [6, 6.07) is 3.63. The minimum atomic E-state index is -4.48. The molecule has 0 aliphatic carbocycles.